The predicted molar refractivity (Wildman–Crippen MR) is 113 cm³/mol. The Hall–Kier alpha value is -2.64. The minimum atomic E-state index is -1.17. The predicted octanol–water partition coefficient (Wildman–Crippen LogP) is 0.384. The summed E-state index contributed by atoms with van der Waals surface area (Å²) in [4.78, 5) is 47.9. The summed E-state index contributed by atoms with van der Waals surface area (Å²) in [5.41, 5.74) is 6.15. The molecule has 0 radical (unpaired) electrons. The van der Waals surface area contributed by atoms with Crippen molar-refractivity contribution in [2.24, 2.45) is 5.16 Å². The molecule has 11 nitrogen and oxygen atoms in total. The lowest BCUT2D eigenvalue weighted by molar-refractivity contribution is -0.150. The first-order valence-electron chi connectivity index (χ1n) is 9.58. The average Bonchev–Trinajstić information content (AvgIpc) is 3.20. The second-order valence-electron chi connectivity index (χ2n) is 7.08. The van der Waals surface area contributed by atoms with Gasteiger partial charge in [0.15, 0.2) is 10.8 Å². The maximum absolute atomic E-state index is 12.9. The number of carbonyl (C=O) groups excluding carboxylic acids is 2. The Labute approximate surface area is 185 Å². The van der Waals surface area contributed by atoms with Gasteiger partial charge in [-0.25, -0.2) is 9.78 Å². The summed E-state index contributed by atoms with van der Waals surface area (Å²) in [6, 6.07) is -0.881. The van der Waals surface area contributed by atoms with Crippen LogP contribution in [0.1, 0.15) is 24.1 Å². The molecule has 0 spiro atoms. The van der Waals surface area contributed by atoms with Gasteiger partial charge in [0.1, 0.15) is 24.2 Å². The molecule has 2 saturated heterocycles. The van der Waals surface area contributed by atoms with E-state index in [0.29, 0.717) is 22.8 Å². The maximum Gasteiger partial charge on any atom is 0.352 e. The Morgan fingerprint density at radius 3 is 2.87 bits per heavy atom. The number of fused-ring (bicyclic) bond motifs is 1. The molecule has 4 heterocycles. The van der Waals surface area contributed by atoms with E-state index in [1.165, 1.54) is 30.0 Å². The molecular formula is C18H21N5O6S2. The monoisotopic (exact) mass is 467 g/mol. The smallest absolute Gasteiger partial charge is 0.352 e. The lowest BCUT2D eigenvalue weighted by atomic mass is 9.96. The van der Waals surface area contributed by atoms with Crippen molar-refractivity contribution in [1.29, 1.82) is 0 Å². The molecule has 166 valence electrons. The fraction of sp³-hybridized carbons (Fsp3) is 0.500. The number of aliphatic carboxylic acids is 1. The van der Waals surface area contributed by atoms with Gasteiger partial charge in [-0.05, 0) is 24.8 Å². The Balaban J connectivity index is 1.53. The number of β-lactam (4-membered cyclic amide) rings is 1. The molecule has 3 aliphatic heterocycles. The van der Waals surface area contributed by atoms with Crippen molar-refractivity contribution in [3.63, 3.8) is 0 Å². The molecule has 1 aromatic rings. The van der Waals surface area contributed by atoms with E-state index in [2.05, 4.69) is 15.5 Å². The van der Waals surface area contributed by atoms with Crippen LogP contribution in [0.3, 0.4) is 0 Å². The number of carbonyl (C=O) groups is 3. The molecule has 4 rings (SSSR count). The molecule has 2 fully saturated rings. The van der Waals surface area contributed by atoms with Crippen LogP contribution in [0.4, 0.5) is 5.13 Å². The quantitative estimate of drug-likeness (QED) is 0.306. The number of thiazole rings is 1. The van der Waals surface area contributed by atoms with Gasteiger partial charge in [-0.1, -0.05) is 16.5 Å². The third kappa shape index (κ3) is 4.00. The van der Waals surface area contributed by atoms with Gasteiger partial charge in [0.25, 0.3) is 11.8 Å². The third-order valence-corrected chi connectivity index (χ3v) is 7.35. The standard InChI is InChI=1S/C18H21N5O6S2/c1-28-22-11(10-6-20-18(19)31-10)14(24)21-12-15(25)23-13(17(26)27)8(7-30-16(12)23)9-4-2-3-5-29-9/h6,9,12,16H,2-5,7H2,1H3,(H2,19,20)(H,21,24)(H,26,27)/b22-11-/t9-,12-,16-/m1/s1. The van der Waals surface area contributed by atoms with Crippen LogP contribution in [-0.2, 0) is 24.0 Å². The normalized spacial score (nSPS) is 26.2. The number of aromatic nitrogens is 1. The van der Waals surface area contributed by atoms with Gasteiger partial charge >= 0.3 is 5.97 Å². The zero-order valence-electron chi connectivity index (χ0n) is 16.6. The number of carboxylic acid groups (broad SMARTS) is 1. The lowest BCUT2D eigenvalue weighted by Gasteiger charge is -2.50. The number of carboxylic acids is 1. The van der Waals surface area contributed by atoms with Crippen LogP contribution < -0.4 is 11.1 Å². The van der Waals surface area contributed by atoms with Crippen molar-refractivity contribution in [2.75, 3.05) is 25.2 Å². The first-order valence-corrected chi connectivity index (χ1v) is 11.4. The van der Waals surface area contributed by atoms with Gasteiger partial charge in [-0.2, -0.15) is 0 Å². The first kappa shape index (κ1) is 21.6. The van der Waals surface area contributed by atoms with Gasteiger partial charge in [0, 0.05) is 18.6 Å². The van der Waals surface area contributed by atoms with E-state index in [1.807, 2.05) is 0 Å². The zero-order valence-corrected chi connectivity index (χ0v) is 18.2. The van der Waals surface area contributed by atoms with Crippen molar-refractivity contribution in [2.45, 2.75) is 36.8 Å². The Morgan fingerprint density at radius 1 is 1.45 bits per heavy atom. The molecule has 3 aliphatic rings. The molecule has 1 aromatic heterocycles. The van der Waals surface area contributed by atoms with E-state index in [-0.39, 0.29) is 22.6 Å². The topological polar surface area (TPSA) is 156 Å². The minimum Gasteiger partial charge on any atom is -0.477 e. The summed E-state index contributed by atoms with van der Waals surface area (Å²) in [7, 11) is 1.30. The Morgan fingerprint density at radius 2 is 2.26 bits per heavy atom. The molecule has 4 N–H and O–H groups in total. The summed E-state index contributed by atoms with van der Waals surface area (Å²) in [6.07, 6.45) is 3.71. The minimum absolute atomic E-state index is 0.0350. The highest BCUT2D eigenvalue weighted by atomic mass is 32.2. The molecule has 0 saturated carbocycles. The Kier molecular flexibility index (Phi) is 6.16. The van der Waals surface area contributed by atoms with Crippen LogP contribution >= 0.6 is 23.1 Å². The number of nitrogens with two attached hydrogens (primary N) is 1. The largest absolute Gasteiger partial charge is 0.477 e. The Bertz CT molecular complexity index is 970. The van der Waals surface area contributed by atoms with Gasteiger partial charge in [-0.15, -0.1) is 11.8 Å². The maximum atomic E-state index is 12.9. The van der Waals surface area contributed by atoms with Crippen LogP contribution in [-0.4, -0.2) is 75.5 Å². The zero-order chi connectivity index (χ0) is 22.1. The van der Waals surface area contributed by atoms with Crippen molar-refractivity contribution in [3.05, 3.63) is 22.3 Å². The van der Waals surface area contributed by atoms with Gasteiger partial charge < -0.3 is 25.7 Å². The molecular weight excluding hydrogens is 446 g/mol. The number of thioether (sulfide) groups is 1. The lowest BCUT2D eigenvalue weighted by Crippen LogP contribution is -2.71. The molecule has 2 amide bonds. The molecule has 0 aliphatic carbocycles. The van der Waals surface area contributed by atoms with Crippen molar-refractivity contribution < 1.29 is 29.1 Å². The molecule has 3 atom stereocenters. The fourth-order valence-electron chi connectivity index (χ4n) is 3.80. The van der Waals surface area contributed by atoms with Crippen LogP contribution in [0.2, 0.25) is 0 Å². The van der Waals surface area contributed by atoms with Crippen molar-refractivity contribution in [1.82, 2.24) is 15.2 Å². The first-order chi connectivity index (χ1) is 14.9. The number of amides is 2. The van der Waals surface area contributed by atoms with Gasteiger partial charge in [-0.3, -0.25) is 14.5 Å². The summed E-state index contributed by atoms with van der Waals surface area (Å²) in [6.45, 7) is 0.575. The number of nitrogens with one attached hydrogen (secondary N) is 1. The number of nitrogen functional groups attached to an aromatic ring is 1. The van der Waals surface area contributed by atoms with Crippen molar-refractivity contribution >= 4 is 51.7 Å². The van der Waals surface area contributed by atoms with Gasteiger partial charge in [0.05, 0.1) is 11.0 Å². The van der Waals surface area contributed by atoms with E-state index in [0.717, 1.165) is 30.6 Å². The fourth-order valence-corrected chi connectivity index (χ4v) is 5.87. The van der Waals surface area contributed by atoms with Crippen molar-refractivity contribution in [3.8, 4) is 0 Å². The van der Waals surface area contributed by atoms with E-state index < -0.39 is 29.2 Å². The molecule has 0 bridgehead atoms. The van der Waals surface area contributed by atoms with E-state index in [9.17, 15) is 19.5 Å². The van der Waals surface area contributed by atoms with Crippen LogP contribution in [0.5, 0.6) is 0 Å². The molecule has 31 heavy (non-hydrogen) atoms. The number of oxime groups is 1. The van der Waals surface area contributed by atoms with Crippen LogP contribution in [0.15, 0.2) is 22.6 Å². The van der Waals surface area contributed by atoms with Crippen LogP contribution in [0.25, 0.3) is 0 Å². The third-order valence-electron chi connectivity index (χ3n) is 5.21. The average molecular weight is 468 g/mol. The summed E-state index contributed by atoms with van der Waals surface area (Å²) >= 11 is 2.46. The van der Waals surface area contributed by atoms with E-state index >= 15 is 0 Å². The van der Waals surface area contributed by atoms with Crippen LogP contribution in [0, 0.1) is 0 Å². The highest BCUT2D eigenvalue weighted by molar-refractivity contribution is 8.00. The molecule has 0 unspecified atom stereocenters. The highest BCUT2D eigenvalue weighted by Gasteiger charge is 2.55. The van der Waals surface area contributed by atoms with E-state index in [4.69, 9.17) is 15.3 Å². The number of rotatable bonds is 6. The van der Waals surface area contributed by atoms with Gasteiger partial charge in [0.2, 0.25) is 0 Å². The molecule has 13 heteroatoms. The van der Waals surface area contributed by atoms with E-state index in [1.54, 1.807) is 0 Å². The second-order valence-corrected chi connectivity index (χ2v) is 9.25. The summed E-state index contributed by atoms with van der Waals surface area (Å²) < 4.78 is 5.75. The summed E-state index contributed by atoms with van der Waals surface area (Å²) in [5.74, 6) is -1.88. The number of hydrogen-bond acceptors (Lipinski definition) is 10. The summed E-state index contributed by atoms with van der Waals surface area (Å²) in [5, 5.41) is 15.9. The number of hydrogen-bond donors (Lipinski definition) is 3. The number of ether oxygens (including phenoxy) is 1. The number of nitrogens with zero attached hydrogens (tertiary/aromatic N) is 3. The SMILES string of the molecule is CO/N=C(\C(=O)N[C@@H]1C(=O)N2C(C(=O)O)=C([C@H]3CCCCO3)CS[C@H]12)c1cnc(N)s1. The highest BCUT2D eigenvalue weighted by Crippen LogP contribution is 2.42. The second kappa shape index (κ2) is 8.85. The molecule has 0 aromatic carbocycles. The number of anilines is 1.